The molecule has 0 spiro atoms. The molecule has 92 valence electrons. The number of aryl methyl sites for hydroxylation is 1. The predicted molar refractivity (Wildman–Crippen MR) is 68.9 cm³/mol. The highest BCUT2D eigenvalue weighted by Crippen LogP contribution is 2.13. The number of rotatable bonds is 6. The van der Waals surface area contributed by atoms with Gasteiger partial charge in [-0.2, -0.15) is 0 Å². The standard InChI is InChI=1S/C12H19N5/c1-3-13-6-7-14-8-10-4-5-15-12-11(10)16-9(2)17-12/h4-5,13-14H,3,6-8H2,1-2H3,(H,15,16,17). The van der Waals surface area contributed by atoms with Gasteiger partial charge in [0, 0.05) is 25.8 Å². The van der Waals surface area contributed by atoms with Crippen LogP contribution in [0, 0.1) is 6.92 Å². The van der Waals surface area contributed by atoms with E-state index in [0.717, 1.165) is 43.2 Å². The molecule has 2 aromatic rings. The molecule has 0 aliphatic rings. The molecule has 2 rings (SSSR count). The Bertz CT molecular complexity index is 477. The average Bonchev–Trinajstić information content (AvgIpc) is 2.70. The van der Waals surface area contributed by atoms with E-state index < -0.39 is 0 Å². The van der Waals surface area contributed by atoms with Gasteiger partial charge >= 0.3 is 0 Å². The average molecular weight is 233 g/mol. The topological polar surface area (TPSA) is 65.6 Å². The summed E-state index contributed by atoms with van der Waals surface area (Å²) >= 11 is 0. The molecule has 0 radical (unpaired) electrons. The van der Waals surface area contributed by atoms with Gasteiger partial charge in [-0.25, -0.2) is 9.97 Å². The van der Waals surface area contributed by atoms with Crippen molar-refractivity contribution in [2.45, 2.75) is 20.4 Å². The number of imidazole rings is 1. The highest BCUT2D eigenvalue weighted by molar-refractivity contribution is 5.74. The maximum atomic E-state index is 4.32. The molecule has 0 amide bonds. The number of fused-ring (bicyclic) bond motifs is 1. The quantitative estimate of drug-likeness (QED) is 0.650. The van der Waals surface area contributed by atoms with Crippen molar-refractivity contribution >= 4 is 11.2 Å². The van der Waals surface area contributed by atoms with E-state index in [2.05, 4.69) is 32.5 Å². The maximum Gasteiger partial charge on any atom is 0.177 e. The molecule has 3 N–H and O–H groups in total. The van der Waals surface area contributed by atoms with Gasteiger partial charge in [-0.05, 0) is 25.1 Å². The number of nitrogens with zero attached hydrogens (tertiary/aromatic N) is 2. The van der Waals surface area contributed by atoms with E-state index in [9.17, 15) is 0 Å². The third kappa shape index (κ3) is 3.01. The zero-order valence-electron chi connectivity index (χ0n) is 10.4. The van der Waals surface area contributed by atoms with Gasteiger partial charge in [-0.15, -0.1) is 0 Å². The van der Waals surface area contributed by atoms with Gasteiger partial charge < -0.3 is 15.6 Å². The summed E-state index contributed by atoms with van der Waals surface area (Å²) in [4.78, 5) is 11.8. The number of hydrogen-bond donors (Lipinski definition) is 3. The first-order valence-corrected chi connectivity index (χ1v) is 6.03. The molecule has 0 atom stereocenters. The lowest BCUT2D eigenvalue weighted by atomic mass is 10.2. The van der Waals surface area contributed by atoms with Crippen LogP contribution in [0.4, 0.5) is 0 Å². The van der Waals surface area contributed by atoms with Crippen molar-refractivity contribution in [2.24, 2.45) is 0 Å². The van der Waals surface area contributed by atoms with E-state index in [4.69, 9.17) is 0 Å². The molecule has 5 heteroatoms. The van der Waals surface area contributed by atoms with Gasteiger partial charge in [-0.1, -0.05) is 6.92 Å². The van der Waals surface area contributed by atoms with E-state index in [1.807, 2.05) is 19.2 Å². The summed E-state index contributed by atoms with van der Waals surface area (Å²) in [5, 5.41) is 6.68. The van der Waals surface area contributed by atoms with E-state index in [0.29, 0.717) is 0 Å². The zero-order valence-corrected chi connectivity index (χ0v) is 10.4. The Morgan fingerprint density at radius 2 is 2.12 bits per heavy atom. The minimum Gasteiger partial charge on any atom is -0.341 e. The Morgan fingerprint density at radius 1 is 1.29 bits per heavy atom. The Balaban J connectivity index is 1.98. The summed E-state index contributed by atoms with van der Waals surface area (Å²) in [5.41, 5.74) is 3.06. The lowest BCUT2D eigenvalue weighted by molar-refractivity contribution is 0.626. The first kappa shape index (κ1) is 12.0. The Hall–Kier alpha value is -1.46. The number of likely N-dealkylation sites (N-methyl/N-ethyl adjacent to an activating group) is 1. The largest absolute Gasteiger partial charge is 0.341 e. The molecule has 0 aliphatic carbocycles. The number of aromatic amines is 1. The maximum absolute atomic E-state index is 4.32. The Labute approximate surface area is 101 Å². The van der Waals surface area contributed by atoms with Crippen LogP contribution < -0.4 is 10.6 Å². The number of aromatic nitrogens is 3. The van der Waals surface area contributed by atoms with Crippen LogP contribution in [0.25, 0.3) is 11.2 Å². The zero-order chi connectivity index (χ0) is 12.1. The third-order valence-electron chi connectivity index (χ3n) is 2.64. The minimum atomic E-state index is 0.800. The van der Waals surface area contributed by atoms with Crippen LogP contribution in [0.3, 0.4) is 0 Å². The highest BCUT2D eigenvalue weighted by atomic mass is 15.0. The van der Waals surface area contributed by atoms with Crippen LogP contribution >= 0.6 is 0 Å². The summed E-state index contributed by atoms with van der Waals surface area (Å²) in [6.45, 7) is 7.87. The number of H-pyrrole nitrogens is 1. The first-order chi connectivity index (χ1) is 8.31. The van der Waals surface area contributed by atoms with Crippen molar-refractivity contribution < 1.29 is 0 Å². The normalized spacial score (nSPS) is 11.2. The molecular weight excluding hydrogens is 214 g/mol. The van der Waals surface area contributed by atoms with Gasteiger partial charge in [0.2, 0.25) is 0 Å². The van der Waals surface area contributed by atoms with Crippen molar-refractivity contribution in [3.63, 3.8) is 0 Å². The van der Waals surface area contributed by atoms with Crippen LogP contribution in [0.1, 0.15) is 18.3 Å². The lowest BCUT2D eigenvalue weighted by Crippen LogP contribution is -2.26. The monoisotopic (exact) mass is 233 g/mol. The fourth-order valence-electron chi connectivity index (χ4n) is 1.80. The van der Waals surface area contributed by atoms with Gasteiger partial charge in [0.15, 0.2) is 5.65 Å². The fraction of sp³-hybridized carbons (Fsp3) is 0.500. The molecule has 2 heterocycles. The molecule has 0 aromatic carbocycles. The van der Waals surface area contributed by atoms with Crippen molar-refractivity contribution in [3.05, 3.63) is 23.7 Å². The second kappa shape index (κ2) is 5.75. The minimum absolute atomic E-state index is 0.800. The van der Waals surface area contributed by atoms with E-state index in [1.165, 1.54) is 5.56 Å². The molecule has 0 saturated carbocycles. The van der Waals surface area contributed by atoms with Crippen molar-refractivity contribution in [2.75, 3.05) is 19.6 Å². The van der Waals surface area contributed by atoms with E-state index in [1.54, 1.807) is 0 Å². The lowest BCUT2D eigenvalue weighted by Gasteiger charge is -2.05. The van der Waals surface area contributed by atoms with Gasteiger partial charge in [0.25, 0.3) is 0 Å². The molecule has 0 bridgehead atoms. The Morgan fingerprint density at radius 3 is 2.94 bits per heavy atom. The van der Waals surface area contributed by atoms with Crippen LogP contribution in [0.2, 0.25) is 0 Å². The second-order valence-corrected chi connectivity index (χ2v) is 4.02. The van der Waals surface area contributed by atoms with Crippen LogP contribution in [-0.2, 0) is 6.54 Å². The van der Waals surface area contributed by atoms with Crippen LogP contribution in [0.5, 0.6) is 0 Å². The van der Waals surface area contributed by atoms with Crippen LogP contribution in [-0.4, -0.2) is 34.6 Å². The van der Waals surface area contributed by atoms with Crippen molar-refractivity contribution in [3.8, 4) is 0 Å². The first-order valence-electron chi connectivity index (χ1n) is 6.03. The summed E-state index contributed by atoms with van der Waals surface area (Å²) in [6.07, 6.45) is 1.81. The molecule has 2 aromatic heterocycles. The molecule has 0 unspecified atom stereocenters. The molecule has 0 aliphatic heterocycles. The Kier molecular flexibility index (Phi) is 4.06. The molecule has 0 fully saturated rings. The summed E-state index contributed by atoms with van der Waals surface area (Å²) in [7, 11) is 0. The number of hydrogen-bond acceptors (Lipinski definition) is 4. The molecule has 17 heavy (non-hydrogen) atoms. The van der Waals surface area contributed by atoms with Gasteiger partial charge in [0.1, 0.15) is 5.82 Å². The van der Waals surface area contributed by atoms with Gasteiger partial charge in [-0.3, -0.25) is 0 Å². The summed E-state index contributed by atoms with van der Waals surface area (Å²) in [6, 6.07) is 2.03. The van der Waals surface area contributed by atoms with Gasteiger partial charge in [0.05, 0.1) is 5.52 Å². The van der Waals surface area contributed by atoms with Crippen LogP contribution in [0.15, 0.2) is 12.3 Å². The summed E-state index contributed by atoms with van der Waals surface area (Å²) in [5.74, 6) is 0.910. The van der Waals surface area contributed by atoms with Crippen molar-refractivity contribution in [1.82, 2.24) is 25.6 Å². The summed E-state index contributed by atoms with van der Waals surface area (Å²) < 4.78 is 0. The molecule has 5 nitrogen and oxygen atoms in total. The van der Waals surface area contributed by atoms with Crippen molar-refractivity contribution in [1.29, 1.82) is 0 Å². The number of pyridine rings is 1. The third-order valence-corrected chi connectivity index (χ3v) is 2.64. The highest BCUT2D eigenvalue weighted by Gasteiger charge is 2.05. The smallest absolute Gasteiger partial charge is 0.177 e. The van der Waals surface area contributed by atoms with E-state index >= 15 is 0 Å². The fourth-order valence-corrected chi connectivity index (χ4v) is 1.80. The molecule has 0 saturated heterocycles. The molecular formula is C12H19N5. The second-order valence-electron chi connectivity index (χ2n) is 4.02. The predicted octanol–water partition coefficient (Wildman–Crippen LogP) is 0.965. The SMILES string of the molecule is CCNCCNCc1ccnc2nc(C)[nH]c12. The van der Waals surface area contributed by atoms with E-state index in [-0.39, 0.29) is 0 Å². The number of nitrogens with one attached hydrogen (secondary N) is 3.